The van der Waals surface area contributed by atoms with Crippen LogP contribution in [0.1, 0.15) is 0 Å². The van der Waals surface area contributed by atoms with E-state index in [1.54, 1.807) is 24.7 Å². The Hall–Kier alpha value is -1.26. The maximum absolute atomic E-state index is 6.00. The lowest BCUT2D eigenvalue weighted by Gasteiger charge is -2.03. The van der Waals surface area contributed by atoms with Crippen LogP contribution in [0, 0.1) is 0 Å². The van der Waals surface area contributed by atoms with Gasteiger partial charge in [-0.15, -0.1) is 0 Å². The van der Waals surface area contributed by atoms with Crippen LogP contribution < -0.4 is 5.73 Å². The molecule has 0 saturated heterocycles. The zero-order chi connectivity index (χ0) is 10.7. The summed E-state index contributed by atoms with van der Waals surface area (Å²) < 4.78 is 0. The van der Waals surface area contributed by atoms with Gasteiger partial charge in [0.1, 0.15) is 5.03 Å². The number of nitrogens with zero attached hydrogens (tertiary/aromatic N) is 2. The van der Waals surface area contributed by atoms with Gasteiger partial charge in [0, 0.05) is 17.3 Å². The van der Waals surface area contributed by atoms with Crippen molar-refractivity contribution in [1.29, 1.82) is 0 Å². The lowest BCUT2D eigenvalue weighted by atomic mass is 10.4. The number of hydrogen-bond donors (Lipinski definition) is 1. The summed E-state index contributed by atoms with van der Waals surface area (Å²) in [5.74, 6) is 0. The third-order valence-electron chi connectivity index (χ3n) is 1.69. The number of anilines is 1. The second kappa shape index (κ2) is 4.51. The van der Waals surface area contributed by atoms with Gasteiger partial charge in [0.25, 0.3) is 0 Å². The third-order valence-corrected chi connectivity index (χ3v) is 3.12. The highest BCUT2D eigenvalue weighted by Crippen LogP contribution is 2.31. The highest BCUT2D eigenvalue weighted by atomic mass is 35.5. The molecular formula is C10H8ClN3S. The first kappa shape index (κ1) is 10.3. The van der Waals surface area contributed by atoms with Crippen LogP contribution in [0.15, 0.2) is 46.7 Å². The van der Waals surface area contributed by atoms with Gasteiger partial charge in [-0.2, -0.15) is 0 Å². The average molecular weight is 238 g/mol. The van der Waals surface area contributed by atoms with Gasteiger partial charge in [-0.25, -0.2) is 4.98 Å². The van der Waals surface area contributed by atoms with E-state index < -0.39 is 0 Å². The molecule has 0 spiro atoms. The van der Waals surface area contributed by atoms with E-state index in [4.69, 9.17) is 17.3 Å². The Bertz CT molecular complexity index is 461. The van der Waals surface area contributed by atoms with Crippen LogP contribution in [0.5, 0.6) is 0 Å². The fourth-order valence-electron chi connectivity index (χ4n) is 1.03. The zero-order valence-corrected chi connectivity index (χ0v) is 9.29. The third kappa shape index (κ3) is 2.61. The highest BCUT2D eigenvalue weighted by molar-refractivity contribution is 7.99. The Morgan fingerprint density at radius 2 is 2.00 bits per heavy atom. The molecule has 0 radical (unpaired) electrons. The highest BCUT2D eigenvalue weighted by Gasteiger charge is 2.04. The number of rotatable bonds is 2. The second-order valence-electron chi connectivity index (χ2n) is 2.84. The number of pyridine rings is 2. The molecule has 0 fully saturated rings. The number of halogens is 1. The molecule has 0 amide bonds. The first-order valence-corrected chi connectivity index (χ1v) is 5.44. The standard InChI is InChI=1S/C10H8ClN3S/c11-9-5-7(12)6-14-10(9)15-8-1-3-13-4-2-8/h1-6H,12H2. The average Bonchev–Trinajstić information content (AvgIpc) is 2.24. The fraction of sp³-hybridized carbons (Fsp3) is 0. The fourth-order valence-corrected chi connectivity index (χ4v) is 2.07. The molecule has 2 aromatic heterocycles. The normalized spacial score (nSPS) is 10.2. The van der Waals surface area contributed by atoms with Crippen molar-refractivity contribution in [2.24, 2.45) is 0 Å². The molecule has 76 valence electrons. The van der Waals surface area contributed by atoms with E-state index in [9.17, 15) is 0 Å². The number of aromatic nitrogens is 2. The molecule has 15 heavy (non-hydrogen) atoms. The van der Waals surface area contributed by atoms with Crippen LogP contribution in [0.2, 0.25) is 5.02 Å². The van der Waals surface area contributed by atoms with Crippen LogP contribution >= 0.6 is 23.4 Å². The van der Waals surface area contributed by atoms with Gasteiger partial charge in [-0.1, -0.05) is 23.4 Å². The predicted octanol–water partition coefficient (Wildman–Crippen LogP) is 2.86. The van der Waals surface area contributed by atoms with Crippen LogP contribution in [0.4, 0.5) is 5.69 Å². The SMILES string of the molecule is Nc1cnc(Sc2ccncc2)c(Cl)c1. The molecule has 2 rings (SSSR count). The summed E-state index contributed by atoms with van der Waals surface area (Å²) >= 11 is 7.48. The molecule has 2 heterocycles. The van der Waals surface area contributed by atoms with Gasteiger partial charge in [-0.3, -0.25) is 4.98 Å². The van der Waals surface area contributed by atoms with E-state index in [2.05, 4.69) is 9.97 Å². The Labute approximate surface area is 96.7 Å². The first-order valence-electron chi connectivity index (χ1n) is 4.24. The molecular weight excluding hydrogens is 230 g/mol. The lowest BCUT2D eigenvalue weighted by molar-refractivity contribution is 1.13. The molecule has 0 aromatic carbocycles. The maximum Gasteiger partial charge on any atom is 0.120 e. The smallest absolute Gasteiger partial charge is 0.120 e. The van der Waals surface area contributed by atoms with E-state index in [1.807, 2.05) is 12.1 Å². The van der Waals surface area contributed by atoms with Gasteiger partial charge in [0.2, 0.25) is 0 Å². The lowest BCUT2D eigenvalue weighted by Crippen LogP contribution is -1.88. The van der Waals surface area contributed by atoms with Crippen LogP contribution in [-0.4, -0.2) is 9.97 Å². The summed E-state index contributed by atoms with van der Waals surface area (Å²) in [5.41, 5.74) is 6.12. The van der Waals surface area contributed by atoms with Gasteiger partial charge >= 0.3 is 0 Å². The molecule has 0 unspecified atom stereocenters. The molecule has 0 bridgehead atoms. The van der Waals surface area contributed by atoms with E-state index in [0.717, 1.165) is 9.92 Å². The molecule has 3 nitrogen and oxygen atoms in total. The van der Waals surface area contributed by atoms with E-state index in [-0.39, 0.29) is 0 Å². The monoisotopic (exact) mass is 237 g/mol. The zero-order valence-electron chi connectivity index (χ0n) is 7.72. The van der Waals surface area contributed by atoms with Crippen molar-refractivity contribution in [3.8, 4) is 0 Å². The predicted molar refractivity (Wildman–Crippen MR) is 62.0 cm³/mol. The molecule has 0 aliphatic rings. The van der Waals surface area contributed by atoms with E-state index >= 15 is 0 Å². The van der Waals surface area contributed by atoms with Crippen molar-refractivity contribution in [3.05, 3.63) is 41.8 Å². The van der Waals surface area contributed by atoms with Crippen molar-refractivity contribution in [1.82, 2.24) is 9.97 Å². The van der Waals surface area contributed by atoms with E-state index in [0.29, 0.717) is 10.7 Å². The van der Waals surface area contributed by atoms with Crippen LogP contribution in [0.3, 0.4) is 0 Å². The molecule has 0 saturated carbocycles. The Morgan fingerprint density at radius 3 is 2.67 bits per heavy atom. The van der Waals surface area contributed by atoms with Gasteiger partial charge in [-0.05, 0) is 18.2 Å². The van der Waals surface area contributed by atoms with Crippen molar-refractivity contribution < 1.29 is 0 Å². The first-order chi connectivity index (χ1) is 7.25. The van der Waals surface area contributed by atoms with Gasteiger partial charge in [0.05, 0.1) is 16.9 Å². The molecule has 5 heteroatoms. The summed E-state index contributed by atoms with van der Waals surface area (Å²) in [5, 5.41) is 1.31. The summed E-state index contributed by atoms with van der Waals surface area (Å²) in [6, 6.07) is 5.50. The maximum atomic E-state index is 6.00. The number of hydrogen-bond acceptors (Lipinski definition) is 4. The molecule has 0 atom stereocenters. The second-order valence-corrected chi connectivity index (χ2v) is 4.31. The Morgan fingerprint density at radius 1 is 1.27 bits per heavy atom. The summed E-state index contributed by atoms with van der Waals surface area (Å²) in [6.45, 7) is 0. The van der Waals surface area contributed by atoms with Crippen LogP contribution in [-0.2, 0) is 0 Å². The van der Waals surface area contributed by atoms with E-state index in [1.165, 1.54) is 11.8 Å². The molecule has 0 aliphatic carbocycles. The van der Waals surface area contributed by atoms with Crippen molar-refractivity contribution >= 4 is 29.1 Å². The minimum Gasteiger partial charge on any atom is -0.397 e. The Balaban J connectivity index is 2.25. The summed E-state index contributed by atoms with van der Waals surface area (Å²) in [4.78, 5) is 9.14. The van der Waals surface area contributed by atoms with Crippen molar-refractivity contribution in [2.45, 2.75) is 9.92 Å². The minimum absolute atomic E-state index is 0.566. The van der Waals surface area contributed by atoms with Crippen LogP contribution in [0.25, 0.3) is 0 Å². The van der Waals surface area contributed by atoms with Gasteiger partial charge < -0.3 is 5.73 Å². The molecule has 2 N–H and O–H groups in total. The summed E-state index contributed by atoms with van der Waals surface area (Å²) in [6.07, 6.45) is 5.05. The largest absolute Gasteiger partial charge is 0.397 e. The molecule has 0 aliphatic heterocycles. The topological polar surface area (TPSA) is 51.8 Å². The quantitative estimate of drug-likeness (QED) is 0.873. The number of nitrogen functional groups attached to an aromatic ring is 1. The summed E-state index contributed by atoms with van der Waals surface area (Å²) in [7, 11) is 0. The Kier molecular flexibility index (Phi) is 3.08. The van der Waals surface area contributed by atoms with Gasteiger partial charge in [0.15, 0.2) is 0 Å². The number of nitrogens with two attached hydrogens (primary N) is 1. The van der Waals surface area contributed by atoms with Crippen molar-refractivity contribution in [2.75, 3.05) is 5.73 Å². The van der Waals surface area contributed by atoms with Crippen molar-refractivity contribution in [3.63, 3.8) is 0 Å². The molecule has 2 aromatic rings. The minimum atomic E-state index is 0.566.